The predicted molar refractivity (Wildman–Crippen MR) is 128 cm³/mol. The Morgan fingerprint density at radius 3 is 2.68 bits per heavy atom. The molecule has 1 aromatic carbocycles. The average molecular weight is 485 g/mol. The zero-order valence-electron chi connectivity index (χ0n) is 19.0. The number of carbonyl (C=O) groups is 2. The molecular weight excluding hydrogens is 460 g/mol. The van der Waals surface area contributed by atoms with E-state index in [-0.39, 0.29) is 28.4 Å². The summed E-state index contributed by atoms with van der Waals surface area (Å²) in [4.78, 5) is 39.0. The maximum Gasteiger partial charge on any atom is 0.341 e. The van der Waals surface area contributed by atoms with E-state index in [1.54, 1.807) is 19.9 Å². The zero-order chi connectivity index (χ0) is 24.8. The first-order valence-electron chi connectivity index (χ1n) is 10.6. The van der Waals surface area contributed by atoms with Crippen molar-refractivity contribution in [1.29, 1.82) is 5.26 Å². The third kappa shape index (κ3) is 5.41. The summed E-state index contributed by atoms with van der Waals surface area (Å²) in [5.74, 6) is -1.29. The molecule has 1 fully saturated rings. The average Bonchev–Trinajstić information content (AvgIpc) is 3.10. The molecule has 2 heterocycles. The Labute approximate surface area is 200 Å². The van der Waals surface area contributed by atoms with Crippen molar-refractivity contribution in [3.8, 4) is 6.07 Å². The van der Waals surface area contributed by atoms with E-state index >= 15 is 0 Å². The van der Waals surface area contributed by atoms with Crippen LogP contribution in [0.25, 0.3) is 6.08 Å². The minimum absolute atomic E-state index is 0.157. The Bertz CT molecular complexity index is 1190. The second-order valence-electron chi connectivity index (χ2n) is 7.43. The molecule has 1 amide bonds. The largest absolute Gasteiger partial charge is 0.462 e. The lowest BCUT2D eigenvalue weighted by Crippen LogP contribution is -2.36. The molecule has 1 aromatic heterocycles. The summed E-state index contributed by atoms with van der Waals surface area (Å²) >= 11 is 1.21. The second kappa shape index (κ2) is 10.9. The highest BCUT2D eigenvalue weighted by Crippen LogP contribution is 2.34. The van der Waals surface area contributed by atoms with Gasteiger partial charge in [-0.2, -0.15) is 5.26 Å². The molecular formula is C23H24N4O6S. The van der Waals surface area contributed by atoms with Gasteiger partial charge in [0.25, 0.3) is 11.6 Å². The number of nitriles is 1. The summed E-state index contributed by atoms with van der Waals surface area (Å²) < 4.78 is 10.5. The Kier molecular flexibility index (Phi) is 7.99. The van der Waals surface area contributed by atoms with Gasteiger partial charge in [0.1, 0.15) is 16.6 Å². The highest BCUT2D eigenvalue weighted by Gasteiger charge is 2.24. The maximum absolute atomic E-state index is 13.0. The van der Waals surface area contributed by atoms with E-state index in [1.807, 2.05) is 17.9 Å². The van der Waals surface area contributed by atoms with Gasteiger partial charge in [0, 0.05) is 41.4 Å². The number of esters is 1. The quantitative estimate of drug-likeness (QED) is 0.206. The number of carbonyl (C=O) groups excluding carboxylic acids is 2. The van der Waals surface area contributed by atoms with E-state index < -0.39 is 16.8 Å². The van der Waals surface area contributed by atoms with Crippen molar-refractivity contribution in [2.75, 3.05) is 43.1 Å². The molecule has 1 aliphatic rings. The molecule has 0 aliphatic carbocycles. The van der Waals surface area contributed by atoms with Crippen LogP contribution in [0.4, 0.5) is 16.4 Å². The van der Waals surface area contributed by atoms with Gasteiger partial charge in [-0.1, -0.05) is 0 Å². The molecule has 1 saturated heterocycles. The van der Waals surface area contributed by atoms with Crippen LogP contribution < -0.4 is 10.2 Å². The van der Waals surface area contributed by atoms with Gasteiger partial charge in [0.2, 0.25) is 0 Å². The second-order valence-corrected chi connectivity index (χ2v) is 8.66. The number of nitro groups is 1. The number of hydrogen-bond acceptors (Lipinski definition) is 9. The van der Waals surface area contributed by atoms with E-state index in [9.17, 15) is 25.0 Å². The normalized spacial score (nSPS) is 13.8. The SMILES string of the molecule is CCOC(=O)c1c(NC(=O)/C(C#N)=C/c2cc([N+](=O)[O-])ccc2N2CCOCC2)sc(C)c1C. The molecule has 11 heteroatoms. The number of non-ortho nitro benzene ring substituents is 1. The molecule has 34 heavy (non-hydrogen) atoms. The van der Waals surface area contributed by atoms with E-state index in [1.165, 1.54) is 29.5 Å². The van der Waals surface area contributed by atoms with Gasteiger partial charge >= 0.3 is 5.97 Å². The standard InChI is InChI=1S/C23H24N4O6S/c1-4-33-23(29)20-14(2)15(3)34-22(20)25-21(28)17(13-24)11-16-12-18(27(30)31)5-6-19(16)26-7-9-32-10-8-26/h5-6,11-12H,4,7-10H2,1-3H3,(H,25,28)/b17-11+. The number of morpholine rings is 1. The molecule has 0 spiro atoms. The van der Waals surface area contributed by atoms with E-state index in [4.69, 9.17) is 9.47 Å². The Hall–Kier alpha value is -3.75. The molecule has 0 saturated carbocycles. The smallest absolute Gasteiger partial charge is 0.341 e. The topological polar surface area (TPSA) is 135 Å². The lowest BCUT2D eigenvalue weighted by molar-refractivity contribution is -0.384. The third-order valence-corrected chi connectivity index (χ3v) is 6.45. The van der Waals surface area contributed by atoms with Crippen LogP contribution in [0.3, 0.4) is 0 Å². The minimum Gasteiger partial charge on any atom is -0.462 e. The maximum atomic E-state index is 13.0. The van der Waals surface area contributed by atoms with Gasteiger partial charge in [-0.05, 0) is 38.5 Å². The molecule has 0 unspecified atom stereocenters. The zero-order valence-corrected chi connectivity index (χ0v) is 19.9. The van der Waals surface area contributed by atoms with Gasteiger partial charge in [-0.3, -0.25) is 14.9 Å². The molecule has 0 radical (unpaired) electrons. The van der Waals surface area contributed by atoms with Crippen LogP contribution in [0.1, 0.15) is 33.3 Å². The highest BCUT2D eigenvalue weighted by molar-refractivity contribution is 7.16. The van der Waals surface area contributed by atoms with Crippen molar-refractivity contribution in [3.63, 3.8) is 0 Å². The van der Waals surface area contributed by atoms with Gasteiger partial charge in [-0.25, -0.2) is 4.79 Å². The molecule has 0 bridgehead atoms. The van der Waals surface area contributed by atoms with Gasteiger partial charge < -0.3 is 19.7 Å². The number of benzene rings is 1. The third-order valence-electron chi connectivity index (χ3n) is 5.33. The molecule has 0 atom stereocenters. The fraction of sp³-hybridized carbons (Fsp3) is 0.348. The van der Waals surface area contributed by atoms with Crippen LogP contribution in [-0.4, -0.2) is 49.7 Å². The summed E-state index contributed by atoms with van der Waals surface area (Å²) in [6.45, 7) is 7.59. The number of nitrogens with one attached hydrogen (secondary N) is 1. The van der Waals surface area contributed by atoms with E-state index in [0.29, 0.717) is 43.1 Å². The van der Waals surface area contributed by atoms with Crippen molar-refractivity contribution >= 4 is 45.7 Å². The van der Waals surface area contributed by atoms with Crippen LogP contribution in [0.2, 0.25) is 0 Å². The first-order chi connectivity index (χ1) is 16.3. The van der Waals surface area contributed by atoms with Crippen molar-refractivity contribution in [2.24, 2.45) is 0 Å². The molecule has 178 valence electrons. The molecule has 2 aromatic rings. The van der Waals surface area contributed by atoms with Crippen LogP contribution in [0.15, 0.2) is 23.8 Å². The van der Waals surface area contributed by atoms with Crippen LogP contribution in [0.5, 0.6) is 0 Å². The number of ether oxygens (including phenoxy) is 2. The number of hydrogen-bond donors (Lipinski definition) is 1. The number of nitro benzene ring substituents is 1. The number of rotatable bonds is 7. The summed E-state index contributed by atoms with van der Waals surface area (Å²) in [6.07, 6.45) is 1.32. The van der Waals surface area contributed by atoms with Crippen molar-refractivity contribution < 1.29 is 24.0 Å². The lowest BCUT2D eigenvalue weighted by Gasteiger charge is -2.30. The first-order valence-corrected chi connectivity index (χ1v) is 11.4. The van der Waals surface area contributed by atoms with Crippen LogP contribution in [0, 0.1) is 35.3 Å². The van der Waals surface area contributed by atoms with E-state index in [0.717, 1.165) is 4.88 Å². The van der Waals surface area contributed by atoms with Crippen molar-refractivity contribution in [2.45, 2.75) is 20.8 Å². The van der Waals surface area contributed by atoms with Crippen LogP contribution in [-0.2, 0) is 14.3 Å². The number of thiophene rings is 1. The minimum atomic E-state index is -0.728. The summed E-state index contributed by atoms with van der Waals surface area (Å²) in [5.41, 5.74) is 1.55. The predicted octanol–water partition coefficient (Wildman–Crippen LogP) is 3.83. The van der Waals surface area contributed by atoms with Crippen molar-refractivity contribution in [1.82, 2.24) is 0 Å². The summed E-state index contributed by atoms with van der Waals surface area (Å²) in [6, 6.07) is 6.19. The summed E-state index contributed by atoms with van der Waals surface area (Å²) in [5, 5.41) is 24.0. The number of amides is 1. The number of nitrogens with zero attached hydrogens (tertiary/aromatic N) is 3. The lowest BCUT2D eigenvalue weighted by atomic mass is 10.1. The van der Waals surface area contributed by atoms with Crippen molar-refractivity contribution in [3.05, 3.63) is 55.5 Å². The van der Waals surface area contributed by atoms with Crippen LogP contribution >= 0.6 is 11.3 Å². The Balaban J connectivity index is 1.98. The molecule has 1 aliphatic heterocycles. The number of aryl methyl sites for hydroxylation is 1. The van der Waals surface area contributed by atoms with Gasteiger partial charge in [0.15, 0.2) is 0 Å². The molecule has 1 N–H and O–H groups in total. The fourth-order valence-electron chi connectivity index (χ4n) is 3.50. The summed E-state index contributed by atoms with van der Waals surface area (Å²) in [7, 11) is 0. The Morgan fingerprint density at radius 2 is 2.06 bits per heavy atom. The molecule has 3 rings (SSSR count). The van der Waals surface area contributed by atoms with Gasteiger partial charge in [0.05, 0.1) is 30.3 Å². The number of anilines is 2. The molecule has 10 nitrogen and oxygen atoms in total. The van der Waals surface area contributed by atoms with Gasteiger partial charge in [-0.15, -0.1) is 11.3 Å². The Morgan fingerprint density at radius 1 is 1.35 bits per heavy atom. The highest BCUT2D eigenvalue weighted by atomic mass is 32.1. The monoisotopic (exact) mass is 484 g/mol. The van der Waals surface area contributed by atoms with E-state index in [2.05, 4.69) is 5.32 Å². The first kappa shape index (κ1) is 24.9. The fourth-order valence-corrected chi connectivity index (χ4v) is 4.55.